The van der Waals surface area contributed by atoms with Crippen molar-refractivity contribution in [2.75, 3.05) is 26.2 Å². The SMILES string of the molecule is O=NN1CCC(NCCO)CC1. The monoisotopic (exact) mass is 173 g/mol. The predicted octanol–water partition coefficient (Wildman–Crippen LogP) is -0.286. The van der Waals surface area contributed by atoms with Gasteiger partial charge in [-0.15, -0.1) is 4.91 Å². The molecule has 0 amide bonds. The number of nitroso groups, excluding NO2 is 1. The molecule has 0 radical (unpaired) electrons. The van der Waals surface area contributed by atoms with E-state index in [1.807, 2.05) is 0 Å². The summed E-state index contributed by atoms with van der Waals surface area (Å²) in [5, 5.41) is 16.2. The summed E-state index contributed by atoms with van der Waals surface area (Å²) < 4.78 is 0. The normalized spacial score (nSPS) is 19.6. The van der Waals surface area contributed by atoms with Gasteiger partial charge < -0.3 is 10.4 Å². The van der Waals surface area contributed by atoms with Gasteiger partial charge in [0.25, 0.3) is 0 Å². The maximum atomic E-state index is 10.1. The molecule has 0 aromatic carbocycles. The average Bonchev–Trinajstić information content (AvgIpc) is 2.15. The van der Waals surface area contributed by atoms with Crippen LogP contribution in [0.15, 0.2) is 5.29 Å². The van der Waals surface area contributed by atoms with Gasteiger partial charge in [-0.1, -0.05) is 0 Å². The highest BCUT2D eigenvalue weighted by Gasteiger charge is 2.17. The minimum absolute atomic E-state index is 0.173. The van der Waals surface area contributed by atoms with Crippen molar-refractivity contribution in [2.45, 2.75) is 18.9 Å². The van der Waals surface area contributed by atoms with Gasteiger partial charge in [0.15, 0.2) is 0 Å². The Bertz CT molecular complexity index is 135. The van der Waals surface area contributed by atoms with Crippen molar-refractivity contribution in [3.05, 3.63) is 4.91 Å². The molecular weight excluding hydrogens is 158 g/mol. The van der Waals surface area contributed by atoms with Gasteiger partial charge in [0.1, 0.15) is 0 Å². The van der Waals surface area contributed by atoms with Crippen LogP contribution in [0.1, 0.15) is 12.8 Å². The number of rotatable bonds is 4. The topological polar surface area (TPSA) is 64.9 Å². The molecule has 1 rings (SSSR count). The number of nitrogens with one attached hydrogen (secondary N) is 1. The second-order valence-electron chi connectivity index (χ2n) is 2.99. The van der Waals surface area contributed by atoms with Crippen molar-refractivity contribution in [1.82, 2.24) is 10.3 Å². The Kier molecular flexibility index (Phi) is 3.96. The Balaban J connectivity index is 2.12. The van der Waals surface area contributed by atoms with E-state index in [1.54, 1.807) is 0 Å². The zero-order valence-electron chi connectivity index (χ0n) is 7.07. The maximum absolute atomic E-state index is 10.1. The van der Waals surface area contributed by atoms with Crippen LogP contribution in [-0.2, 0) is 0 Å². The van der Waals surface area contributed by atoms with Gasteiger partial charge in [0.05, 0.1) is 11.9 Å². The molecule has 0 bridgehead atoms. The number of nitrogens with zero attached hydrogens (tertiary/aromatic N) is 2. The lowest BCUT2D eigenvalue weighted by molar-refractivity contribution is 0.195. The highest BCUT2D eigenvalue weighted by Crippen LogP contribution is 2.09. The van der Waals surface area contributed by atoms with Gasteiger partial charge in [0, 0.05) is 25.7 Å². The molecule has 1 heterocycles. The van der Waals surface area contributed by atoms with Gasteiger partial charge in [0.2, 0.25) is 0 Å². The molecule has 1 aliphatic rings. The largest absolute Gasteiger partial charge is 0.395 e. The summed E-state index contributed by atoms with van der Waals surface area (Å²) in [7, 11) is 0. The van der Waals surface area contributed by atoms with Crippen molar-refractivity contribution in [1.29, 1.82) is 0 Å². The van der Waals surface area contributed by atoms with Crippen LogP contribution in [0.3, 0.4) is 0 Å². The molecule has 0 aliphatic carbocycles. The summed E-state index contributed by atoms with van der Waals surface area (Å²) in [6.45, 7) is 2.27. The Hall–Kier alpha value is -0.680. The summed E-state index contributed by atoms with van der Waals surface area (Å²) in [5.41, 5.74) is 0. The van der Waals surface area contributed by atoms with E-state index in [1.165, 1.54) is 5.01 Å². The van der Waals surface area contributed by atoms with Crippen LogP contribution in [0.25, 0.3) is 0 Å². The molecular formula is C7H15N3O2. The van der Waals surface area contributed by atoms with Crippen molar-refractivity contribution < 1.29 is 5.11 Å². The van der Waals surface area contributed by atoms with Crippen LogP contribution in [0, 0.1) is 4.91 Å². The van der Waals surface area contributed by atoms with Gasteiger partial charge >= 0.3 is 0 Å². The van der Waals surface area contributed by atoms with E-state index in [0.29, 0.717) is 12.6 Å². The fourth-order valence-electron chi connectivity index (χ4n) is 1.42. The fourth-order valence-corrected chi connectivity index (χ4v) is 1.42. The van der Waals surface area contributed by atoms with E-state index in [9.17, 15) is 4.91 Å². The van der Waals surface area contributed by atoms with Crippen LogP contribution in [0.4, 0.5) is 0 Å². The molecule has 1 saturated heterocycles. The van der Waals surface area contributed by atoms with E-state index in [0.717, 1.165) is 25.9 Å². The maximum Gasteiger partial charge on any atom is 0.0556 e. The summed E-state index contributed by atoms with van der Waals surface area (Å²) in [4.78, 5) is 10.1. The highest BCUT2D eigenvalue weighted by atomic mass is 16.3. The van der Waals surface area contributed by atoms with E-state index in [-0.39, 0.29) is 6.61 Å². The number of hydrogen-bond donors (Lipinski definition) is 2. The smallest absolute Gasteiger partial charge is 0.0556 e. The fraction of sp³-hybridized carbons (Fsp3) is 1.00. The molecule has 5 heteroatoms. The molecule has 0 aromatic rings. The molecule has 70 valence electrons. The van der Waals surface area contributed by atoms with Crippen LogP contribution in [-0.4, -0.2) is 42.4 Å². The van der Waals surface area contributed by atoms with Gasteiger partial charge in [-0.2, -0.15) is 0 Å². The number of aliphatic hydroxyl groups excluding tert-OH is 1. The standard InChI is InChI=1S/C7H15N3O2/c11-6-3-8-7-1-4-10(9-12)5-2-7/h7-8,11H,1-6H2. The zero-order valence-corrected chi connectivity index (χ0v) is 7.07. The first-order valence-electron chi connectivity index (χ1n) is 4.29. The molecule has 0 aromatic heterocycles. The number of piperidine rings is 1. The second kappa shape index (κ2) is 5.05. The first kappa shape index (κ1) is 9.41. The second-order valence-corrected chi connectivity index (χ2v) is 2.99. The summed E-state index contributed by atoms with van der Waals surface area (Å²) in [5.74, 6) is 0. The van der Waals surface area contributed by atoms with Crippen LogP contribution in [0.2, 0.25) is 0 Å². The van der Waals surface area contributed by atoms with E-state index in [4.69, 9.17) is 5.11 Å². The molecule has 2 N–H and O–H groups in total. The zero-order chi connectivity index (χ0) is 8.81. The van der Waals surface area contributed by atoms with Gasteiger partial charge in [-0.05, 0) is 12.8 Å². The lowest BCUT2D eigenvalue weighted by Gasteiger charge is -2.28. The van der Waals surface area contributed by atoms with Gasteiger partial charge in [-0.3, -0.25) is 5.01 Å². The summed E-state index contributed by atoms with van der Waals surface area (Å²) in [6, 6.07) is 0.440. The molecule has 1 fully saturated rings. The van der Waals surface area contributed by atoms with Crippen molar-refractivity contribution in [2.24, 2.45) is 5.29 Å². The van der Waals surface area contributed by atoms with Crippen LogP contribution < -0.4 is 5.32 Å². The lowest BCUT2D eigenvalue weighted by Crippen LogP contribution is -2.41. The van der Waals surface area contributed by atoms with Crippen LogP contribution >= 0.6 is 0 Å². The van der Waals surface area contributed by atoms with E-state index < -0.39 is 0 Å². The van der Waals surface area contributed by atoms with Crippen LogP contribution in [0.5, 0.6) is 0 Å². The Morgan fingerprint density at radius 3 is 2.67 bits per heavy atom. The predicted molar refractivity (Wildman–Crippen MR) is 45.5 cm³/mol. The molecule has 12 heavy (non-hydrogen) atoms. The first-order chi connectivity index (χ1) is 5.86. The lowest BCUT2D eigenvalue weighted by atomic mass is 10.1. The quantitative estimate of drug-likeness (QED) is 0.574. The Labute approximate surface area is 71.7 Å². The summed E-state index contributed by atoms with van der Waals surface area (Å²) >= 11 is 0. The first-order valence-corrected chi connectivity index (χ1v) is 4.29. The summed E-state index contributed by atoms with van der Waals surface area (Å²) in [6.07, 6.45) is 1.87. The molecule has 0 saturated carbocycles. The third-order valence-electron chi connectivity index (χ3n) is 2.13. The van der Waals surface area contributed by atoms with Crippen molar-refractivity contribution in [3.8, 4) is 0 Å². The third-order valence-corrected chi connectivity index (χ3v) is 2.13. The Morgan fingerprint density at radius 1 is 1.50 bits per heavy atom. The molecule has 0 unspecified atom stereocenters. The average molecular weight is 173 g/mol. The highest BCUT2D eigenvalue weighted by molar-refractivity contribution is 4.74. The third kappa shape index (κ3) is 2.75. The molecule has 0 spiro atoms. The number of hydrogen-bond acceptors (Lipinski definition) is 4. The Morgan fingerprint density at radius 2 is 2.17 bits per heavy atom. The molecule has 5 nitrogen and oxygen atoms in total. The molecule has 1 aliphatic heterocycles. The minimum atomic E-state index is 0.173. The molecule has 0 atom stereocenters. The number of aliphatic hydroxyl groups is 1. The van der Waals surface area contributed by atoms with Crippen molar-refractivity contribution in [3.63, 3.8) is 0 Å². The van der Waals surface area contributed by atoms with Gasteiger partial charge in [-0.25, -0.2) is 0 Å². The minimum Gasteiger partial charge on any atom is -0.395 e. The van der Waals surface area contributed by atoms with E-state index in [2.05, 4.69) is 10.6 Å². The van der Waals surface area contributed by atoms with E-state index >= 15 is 0 Å². The van der Waals surface area contributed by atoms with Crippen molar-refractivity contribution >= 4 is 0 Å².